The van der Waals surface area contributed by atoms with E-state index in [0.717, 1.165) is 89.3 Å². The minimum atomic E-state index is -0.726. The highest BCUT2D eigenvalue weighted by Crippen LogP contribution is 2.48. The van der Waals surface area contributed by atoms with E-state index in [0.29, 0.717) is 35.6 Å². The highest BCUT2D eigenvalue weighted by molar-refractivity contribution is 6.39. The number of benzene rings is 3. The molecule has 0 bridgehead atoms. The van der Waals surface area contributed by atoms with Crippen LogP contribution in [0.2, 0.25) is 10.0 Å². The van der Waals surface area contributed by atoms with E-state index in [9.17, 15) is 9.90 Å². The third-order valence-electron chi connectivity index (χ3n) is 10.1. The Morgan fingerprint density at radius 2 is 1.62 bits per heavy atom. The van der Waals surface area contributed by atoms with Crippen LogP contribution in [-0.2, 0) is 28.9 Å². The van der Waals surface area contributed by atoms with Crippen molar-refractivity contribution in [3.05, 3.63) is 86.9 Å². The molecule has 4 aromatic rings. The summed E-state index contributed by atoms with van der Waals surface area (Å²) in [4.78, 5) is 21.0. The molecule has 3 heterocycles. The van der Waals surface area contributed by atoms with Crippen molar-refractivity contribution in [2.24, 2.45) is 5.92 Å². The predicted octanol–water partition coefficient (Wildman–Crippen LogP) is 7.41. The molecule has 1 aromatic heterocycles. The van der Waals surface area contributed by atoms with Crippen molar-refractivity contribution < 1.29 is 24.1 Å². The van der Waals surface area contributed by atoms with Crippen LogP contribution in [0.1, 0.15) is 34.7 Å². The first-order valence-corrected chi connectivity index (χ1v) is 17.1. The lowest BCUT2D eigenvalue weighted by Crippen LogP contribution is -2.51. The van der Waals surface area contributed by atoms with E-state index in [-0.39, 0.29) is 12.0 Å². The maximum atomic E-state index is 11.4. The molecule has 0 spiro atoms. The van der Waals surface area contributed by atoms with E-state index in [2.05, 4.69) is 21.9 Å². The van der Waals surface area contributed by atoms with Crippen LogP contribution in [0.25, 0.3) is 33.5 Å². The molecule has 1 fully saturated rings. The number of carbonyl (C=O) groups is 1. The Kier molecular flexibility index (Phi) is 9.37. The quantitative estimate of drug-likeness (QED) is 0.185. The third kappa shape index (κ3) is 5.94. The monoisotopic (exact) mass is 687 g/mol. The van der Waals surface area contributed by atoms with Gasteiger partial charge in [-0.25, -0.2) is 4.98 Å². The fraction of sp³-hybridized carbons (Fsp3) is 0.368. The van der Waals surface area contributed by atoms with Crippen molar-refractivity contribution in [2.75, 3.05) is 54.1 Å². The number of hydrogen-bond donors (Lipinski definition) is 1. The standard InChI is InChI=1S/C38H39Cl2N3O5/c1-46-15-14-42-13-12-27-24(19-42)17-31(41-37(27)48-3)30-9-5-8-29(36(30)40)28-7-4-6-26(35(28)39)23-16-22-10-11-32(34(22)33(18-23)47-2)43-20-25(21-43)38(44)45/h4-9,16-18,25,32H,10-15,19-21H2,1-3H3,(H,44,45). The van der Waals surface area contributed by atoms with Gasteiger partial charge in [0, 0.05) is 79.3 Å². The van der Waals surface area contributed by atoms with Crippen molar-refractivity contribution >= 4 is 29.2 Å². The minimum Gasteiger partial charge on any atom is -0.496 e. The number of rotatable bonds is 10. The largest absolute Gasteiger partial charge is 0.496 e. The summed E-state index contributed by atoms with van der Waals surface area (Å²) >= 11 is 14.5. The number of aryl methyl sites for hydroxylation is 1. The van der Waals surface area contributed by atoms with Crippen molar-refractivity contribution in [1.82, 2.24) is 14.8 Å². The zero-order valence-corrected chi connectivity index (χ0v) is 28.9. The van der Waals surface area contributed by atoms with Gasteiger partial charge in [0.1, 0.15) is 5.75 Å². The molecule has 48 heavy (non-hydrogen) atoms. The first-order valence-electron chi connectivity index (χ1n) is 16.3. The van der Waals surface area contributed by atoms with Gasteiger partial charge in [0.05, 0.1) is 42.5 Å². The lowest BCUT2D eigenvalue weighted by molar-refractivity contribution is -0.148. The minimum absolute atomic E-state index is 0.159. The highest BCUT2D eigenvalue weighted by Gasteiger charge is 2.41. The molecule has 250 valence electrons. The number of hydrogen-bond acceptors (Lipinski definition) is 7. The Bertz CT molecular complexity index is 1880. The number of carboxylic acids is 1. The first-order chi connectivity index (χ1) is 23.3. The van der Waals surface area contributed by atoms with Gasteiger partial charge in [0.2, 0.25) is 5.88 Å². The smallest absolute Gasteiger partial charge is 0.309 e. The van der Waals surface area contributed by atoms with E-state index in [1.165, 1.54) is 11.1 Å². The van der Waals surface area contributed by atoms with Crippen LogP contribution in [-0.4, -0.2) is 80.0 Å². The summed E-state index contributed by atoms with van der Waals surface area (Å²) in [7, 11) is 5.09. The van der Waals surface area contributed by atoms with Gasteiger partial charge in [0.15, 0.2) is 0 Å². The molecule has 1 saturated heterocycles. The fourth-order valence-corrected chi connectivity index (χ4v) is 8.20. The summed E-state index contributed by atoms with van der Waals surface area (Å²) in [6.07, 6.45) is 2.69. The first kappa shape index (κ1) is 32.9. The number of ether oxygens (including phenoxy) is 3. The molecule has 1 atom stereocenters. The molecule has 2 aliphatic heterocycles. The number of methoxy groups -OCH3 is 3. The topological polar surface area (TPSA) is 84.4 Å². The van der Waals surface area contributed by atoms with E-state index < -0.39 is 5.97 Å². The fourth-order valence-electron chi connectivity index (χ4n) is 7.53. The Hall–Kier alpha value is -3.66. The van der Waals surface area contributed by atoms with E-state index in [1.54, 1.807) is 21.3 Å². The lowest BCUT2D eigenvalue weighted by atomic mass is 9.92. The van der Waals surface area contributed by atoms with Crippen molar-refractivity contribution in [3.63, 3.8) is 0 Å². The van der Waals surface area contributed by atoms with E-state index >= 15 is 0 Å². The molecule has 1 unspecified atom stereocenters. The van der Waals surface area contributed by atoms with Crippen LogP contribution >= 0.6 is 23.2 Å². The van der Waals surface area contributed by atoms with Crippen LogP contribution in [0, 0.1) is 5.92 Å². The van der Waals surface area contributed by atoms with Gasteiger partial charge in [-0.15, -0.1) is 0 Å². The average Bonchev–Trinajstić information content (AvgIpc) is 3.49. The second-order valence-electron chi connectivity index (χ2n) is 12.8. The Morgan fingerprint density at radius 1 is 0.917 bits per heavy atom. The summed E-state index contributed by atoms with van der Waals surface area (Å²) < 4.78 is 17.0. The number of likely N-dealkylation sites (tertiary alicyclic amines) is 1. The molecule has 3 aliphatic rings. The van der Waals surface area contributed by atoms with Crippen molar-refractivity contribution in [1.29, 1.82) is 0 Å². The summed E-state index contributed by atoms with van der Waals surface area (Å²) in [6, 6.07) is 18.5. The Balaban J connectivity index is 1.22. The lowest BCUT2D eigenvalue weighted by Gasteiger charge is -2.41. The number of aliphatic carboxylic acids is 1. The number of carboxylic acid groups (broad SMARTS) is 1. The molecular formula is C38H39Cl2N3O5. The second kappa shape index (κ2) is 13.7. The molecule has 1 aliphatic carbocycles. The third-order valence-corrected chi connectivity index (χ3v) is 10.9. The van der Waals surface area contributed by atoms with Crippen molar-refractivity contribution in [2.45, 2.75) is 31.8 Å². The second-order valence-corrected chi connectivity index (χ2v) is 13.6. The zero-order chi connectivity index (χ0) is 33.5. The average molecular weight is 689 g/mol. The zero-order valence-electron chi connectivity index (χ0n) is 27.4. The van der Waals surface area contributed by atoms with Crippen LogP contribution in [0.5, 0.6) is 11.6 Å². The normalized spacial score (nSPS) is 17.9. The number of halogens is 2. The van der Waals surface area contributed by atoms with E-state index in [1.807, 2.05) is 42.5 Å². The number of aromatic nitrogens is 1. The molecule has 3 aromatic carbocycles. The van der Waals surface area contributed by atoms with Crippen LogP contribution in [0.4, 0.5) is 0 Å². The maximum Gasteiger partial charge on any atom is 0.309 e. The van der Waals surface area contributed by atoms with E-state index in [4.69, 9.17) is 42.4 Å². The molecule has 1 N–H and O–H groups in total. The maximum absolute atomic E-state index is 11.4. The van der Waals surface area contributed by atoms with Crippen LogP contribution in [0.3, 0.4) is 0 Å². The number of fused-ring (bicyclic) bond motifs is 2. The van der Waals surface area contributed by atoms with Gasteiger partial charge in [-0.2, -0.15) is 0 Å². The summed E-state index contributed by atoms with van der Waals surface area (Å²) in [5, 5.41) is 10.6. The predicted molar refractivity (Wildman–Crippen MR) is 188 cm³/mol. The SMILES string of the molecule is COCCN1CCc2c(cc(-c3cccc(-c4cccc(-c5cc6c(c(OC)c5)C(N5CC(C(=O)O)C5)CC6)c4Cl)c3Cl)nc2OC)C1. The van der Waals surface area contributed by atoms with Gasteiger partial charge in [-0.1, -0.05) is 65.7 Å². The molecule has 8 nitrogen and oxygen atoms in total. The number of nitrogens with zero attached hydrogens (tertiary/aromatic N) is 3. The van der Waals surface area contributed by atoms with Gasteiger partial charge < -0.3 is 19.3 Å². The molecule has 0 saturated carbocycles. The summed E-state index contributed by atoms with van der Waals surface area (Å²) in [5.74, 6) is 0.417. The van der Waals surface area contributed by atoms with Gasteiger partial charge in [-0.3, -0.25) is 14.6 Å². The summed E-state index contributed by atoms with van der Waals surface area (Å²) in [5.41, 5.74) is 9.77. The van der Waals surface area contributed by atoms with Crippen molar-refractivity contribution in [3.8, 4) is 45.1 Å². The molecule has 10 heteroatoms. The van der Waals surface area contributed by atoms with Gasteiger partial charge in [-0.05, 0) is 48.1 Å². The molecular weight excluding hydrogens is 649 g/mol. The highest BCUT2D eigenvalue weighted by atomic mass is 35.5. The van der Waals surface area contributed by atoms with Crippen LogP contribution < -0.4 is 9.47 Å². The van der Waals surface area contributed by atoms with Gasteiger partial charge >= 0.3 is 5.97 Å². The number of pyridine rings is 1. The molecule has 0 radical (unpaired) electrons. The molecule has 7 rings (SSSR count). The Labute approximate surface area is 291 Å². The van der Waals surface area contributed by atoms with Crippen LogP contribution in [0.15, 0.2) is 54.6 Å². The van der Waals surface area contributed by atoms with Gasteiger partial charge in [0.25, 0.3) is 0 Å². The summed E-state index contributed by atoms with van der Waals surface area (Å²) in [6.45, 7) is 4.41. The molecule has 0 amide bonds. The Morgan fingerprint density at radius 3 is 2.31 bits per heavy atom.